The smallest absolute Gasteiger partial charge is 0.305 e. The van der Waals surface area contributed by atoms with E-state index >= 15 is 0 Å². The van der Waals surface area contributed by atoms with Crippen LogP contribution >= 0.6 is 19.6 Å². The molecule has 0 amide bonds. The van der Waals surface area contributed by atoms with Gasteiger partial charge in [0.15, 0.2) is 22.5 Å². The number of ether oxygens (including phenoxy) is 2. The van der Waals surface area contributed by atoms with E-state index in [0.717, 1.165) is 0 Å². The maximum atomic E-state index is 12.3. The third-order valence-electron chi connectivity index (χ3n) is 4.81. The summed E-state index contributed by atoms with van der Waals surface area (Å²) in [6.07, 6.45) is -4.00. The minimum Gasteiger partial charge on any atom is -0.756 e. The number of carbonyl (C=O) groups excluding carboxylic acids is 1. The lowest BCUT2D eigenvalue weighted by molar-refractivity contribution is -0.245. The van der Waals surface area contributed by atoms with Crippen LogP contribution in [0.1, 0.15) is 26.0 Å². The maximum absolute atomic E-state index is 12.3. The van der Waals surface area contributed by atoms with Crippen molar-refractivity contribution in [2.75, 3.05) is 24.7 Å². The van der Waals surface area contributed by atoms with Gasteiger partial charge in [-0.3, -0.25) is 23.7 Å². The van der Waals surface area contributed by atoms with E-state index in [0.29, 0.717) is 18.8 Å². The number of nitrogens with zero attached hydrogens (tertiary/aromatic N) is 3. The quantitative estimate of drug-likeness (QED) is 0.190. The Balaban J connectivity index is 1.63. The van der Waals surface area contributed by atoms with Crippen molar-refractivity contribution in [2.24, 2.45) is 0 Å². The van der Waals surface area contributed by atoms with Crippen LogP contribution in [0, 0.1) is 0 Å². The summed E-state index contributed by atoms with van der Waals surface area (Å²) >= 11 is 1.20. The molecule has 0 radical (unpaired) electrons. The summed E-state index contributed by atoms with van der Waals surface area (Å²) in [6.45, 7) is 1.68. The minimum atomic E-state index is -4.56. The zero-order chi connectivity index (χ0) is 23.0. The molecule has 176 valence electrons. The van der Waals surface area contributed by atoms with E-state index in [4.69, 9.17) is 19.7 Å². The molecule has 0 aromatic carbocycles. The first-order chi connectivity index (χ1) is 15.2. The summed E-state index contributed by atoms with van der Waals surface area (Å²) in [5, 5.41) is 11.0. The molecule has 32 heavy (non-hydrogen) atoms. The molecule has 2 fully saturated rings. The number of aliphatic hydroxyl groups is 1. The van der Waals surface area contributed by atoms with Crippen molar-refractivity contribution < 1.29 is 37.9 Å². The van der Waals surface area contributed by atoms with Crippen molar-refractivity contribution >= 4 is 42.7 Å². The van der Waals surface area contributed by atoms with Crippen molar-refractivity contribution in [3.8, 4) is 0 Å². The topological polar surface area (TPSA) is 204 Å². The Labute approximate surface area is 185 Å². The molecule has 2 saturated heterocycles. The van der Waals surface area contributed by atoms with Gasteiger partial charge in [-0.1, -0.05) is 11.8 Å². The fourth-order valence-corrected chi connectivity index (χ4v) is 5.37. The number of phosphoric acid groups is 1. The Morgan fingerprint density at radius 2 is 2.28 bits per heavy atom. The summed E-state index contributed by atoms with van der Waals surface area (Å²) in [5.41, 5.74) is 5.10. The number of hydrogen-bond donors (Lipinski definition) is 3. The van der Waals surface area contributed by atoms with Crippen LogP contribution in [0.15, 0.2) is 9.95 Å². The van der Waals surface area contributed by atoms with E-state index in [1.807, 2.05) is 0 Å². The number of phosphoric ester groups is 1. The number of nitrogens with one attached hydrogen (secondary N) is 1. The minimum absolute atomic E-state index is 0.0376. The number of anilines is 1. The molecule has 0 aliphatic carbocycles. The average molecular weight is 490 g/mol. The largest absolute Gasteiger partial charge is 0.756 e. The number of nitrogens with two attached hydrogens (primary N) is 1. The Hall–Kier alpha value is -2.00. The van der Waals surface area contributed by atoms with Gasteiger partial charge < -0.3 is 34.3 Å². The summed E-state index contributed by atoms with van der Waals surface area (Å²) in [5.74, 6) is -0.0676. The molecule has 0 bridgehead atoms. The van der Waals surface area contributed by atoms with E-state index in [1.165, 1.54) is 16.3 Å². The van der Waals surface area contributed by atoms with Gasteiger partial charge in [0.1, 0.15) is 18.3 Å². The van der Waals surface area contributed by atoms with Gasteiger partial charge in [-0.25, -0.2) is 4.98 Å². The van der Waals surface area contributed by atoms with Gasteiger partial charge in [0.25, 0.3) is 13.4 Å². The first-order valence-electron chi connectivity index (χ1n) is 9.74. The molecular weight excluding hydrogens is 469 g/mol. The molecule has 5 atom stereocenters. The predicted octanol–water partition coefficient (Wildman–Crippen LogP) is -0.721. The Morgan fingerprint density at radius 3 is 3.03 bits per heavy atom. The zero-order valence-corrected chi connectivity index (χ0v) is 18.5. The number of aliphatic hydroxyl groups excluding tert-OH is 1. The number of fused-ring (bicyclic) bond motifs is 2. The standard InChI is InChI=1S/C16H22N5O9PS/c1-2-27-8(22)4-3-5-32-16-18-9-12(19-15(17)20-13(9)24)21(16)14-10(23)11-7(29-14)6-28-31(25,26)30-11/h7,10-11,14,23H,2-6H2,1H3,(H,25,26)(H3,17,19,20,24)/p-1/t7?,10?,11-,14-/m1/s1. The highest BCUT2D eigenvalue weighted by Crippen LogP contribution is 2.50. The highest BCUT2D eigenvalue weighted by atomic mass is 32.2. The van der Waals surface area contributed by atoms with Gasteiger partial charge in [0.05, 0.1) is 13.2 Å². The van der Waals surface area contributed by atoms with Crippen LogP contribution in [0.4, 0.5) is 5.95 Å². The van der Waals surface area contributed by atoms with Gasteiger partial charge >= 0.3 is 5.97 Å². The molecule has 16 heteroatoms. The lowest BCUT2D eigenvalue weighted by atomic mass is 10.1. The fourth-order valence-electron chi connectivity index (χ4n) is 3.47. The highest BCUT2D eigenvalue weighted by Gasteiger charge is 2.51. The lowest BCUT2D eigenvalue weighted by Gasteiger charge is -2.34. The van der Waals surface area contributed by atoms with Crippen LogP contribution in [-0.4, -0.2) is 67.9 Å². The molecule has 14 nitrogen and oxygen atoms in total. The summed E-state index contributed by atoms with van der Waals surface area (Å²) < 4.78 is 33.3. The Morgan fingerprint density at radius 1 is 1.50 bits per heavy atom. The second-order valence-corrected chi connectivity index (χ2v) is 9.44. The molecule has 2 aromatic rings. The number of rotatable bonds is 7. The van der Waals surface area contributed by atoms with Gasteiger partial charge in [-0.2, -0.15) is 4.98 Å². The number of carbonyl (C=O) groups is 1. The van der Waals surface area contributed by atoms with Crippen molar-refractivity contribution in [1.82, 2.24) is 19.5 Å². The first kappa shape index (κ1) is 23.2. The second-order valence-electron chi connectivity index (χ2n) is 7.01. The molecule has 0 spiro atoms. The third kappa shape index (κ3) is 4.55. The van der Waals surface area contributed by atoms with Crippen LogP contribution in [0.3, 0.4) is 0 Å². The number of aromatic amines is 1. The van der Waals surface area contributed by atoms with E-state index in [1.54, 1.807) is 6.92 Å². The Bertz CT molecular complexity index is 1120. The van der Waals surface area contributed by atoms with Crippen LogP contribution in [0.5, 0.6) is 0 Å². The summed E-state index contributed by atoms with van der Waals surface area (Å²) in [6, 6.07) is 0. The van der Waals surface area contributed by atoms with E-state index in [9.17, 15) is 24.2 Å². The van der Waals surface area contributed by atoms with Crippen LogP contribution in [0.2, 0.25) is 0 Å². The predicted molar refractivity (Wildman–Crippen MR) is 108 cm³/mol. The van der Waals surface area contributed by atoms with Gasteiger partial charge in [-0.05, 0) is 13.3 Å². The number of H-pyrrole nitrogens is 1. The van der Waals surface area contributed by atoms with Crippen molar-refractivity contribution in [3.05, 3.63) is 10.4 Å². The van der Waals surface area contributed by atoms with E-state index in [2.05, 4.69) is 19.5 Å². The molecule has 4 heterocycles. The number of aromatic nitrogens is 4. The molecule has 4 rings (SSSR count). The maximum Gasteiger partial charge on any atom is 0.305 e. The van der Waals surface area contributed by atoms with Crippen molar-refractivity contribution in [3.63, 3.8) is 0 Å². The summed E-state index contributed by atoms with van der Waals surface area (Å²) in [7, 11) is -4.56. The zero-order valence-electron chi connectivity index (χ0n) is 16.8. The molecule has 4 N–H and O–H groups in total. The highest BCUT2D eigenvalue weighted by molar-refractivity contribution is 7.99. The molecular formula is C16H21N5O9PS-. The molecule has 3 unspecified atom stereocenters. The first-order valence-corrected chi connectivity index (χ1v) is 12.2. The van der Waals surface area contributed by atoms with E-state index in [-0.39, 0.29) is 41.3 Å². The molecule has 0 saturated carbocycles. The molecule has 2 aliphatic rings. The number of esters is 1. The fraction of sp³-hybridized carbons (Fsp3) is 0.625. The number of nitrogen functional groups attached to an aromatic ring is 1. The van der Waals surface area contributed by atoms with E-state index < -0.39 is 37.9 Å². The van der Waals surface area contributed by atoms with Crippen LogP contribution in [0.25, 0.3) is 11.2 Å². The molecule has 2 aromatic heterocycles. The van der Waals surface area contributed by atoms with Gasteiger partial charge in [-0.15, -0.1) is 0 Å². The van der Waals surface area contributed by atoms with Crippen LogP contribution in [-0.2, 0) is 27.9 Å². The van der Waals surface area contributed by atoms with Crippen LogP contribution < -0.4 is 16.2 Å². The lowest BCUT2D eigenvalue weighted by Crippen LogP contribution is -2.41. The monoisotopic (exact) mass is 490 g/mol. The normalized spacial score (nSPS) is 29.8. The number of imidazole rings is 1. The van der Waals surface area contributed by atoms with Crippen molar-refractivity contribution in [2.45, 2.75) is 49.5 Å². The second kappa shape index (κ2) is 9.09. The number of thioether (sulfide) groups is 1. The van der Waals surface area contributed by atoms with Gasteiger partial charge in [0.2, 0.25) is 5.95 Å². The Kier molecular flexibility index (Phi) is 6.58. The average Bonchev–Trinajstić information content (AvgIpc) is 3.22. The summed E-state index contributed by atoms with van der Waals surface area (Å²) in [4.78, 5) is 46.3. The number of hydrogen-bond acceptors (Lipinski definition) is 13. The SMILES string of the molecule is CCOC(=O)CCCSc1nc2c(=O)[nH]c(N)nc2n1[C@@H]1OC2COP(=O)([O-])O[C@H]2C1O. The molecule has 2 aliphatic heterocycles. The van der Waals surface area contributed by atoms with Gasteiger partial charge in [0, 0.05) is 12.2 Å². The van der Waals surface area contributed by atoms with Crippen molar-refractivity contribution in [1.29, 1.82) is 0 Å². The third-order valence-corrected chi connectivity index (χ3v) is 6.82.